The molecule has 2 fully saturated rings. The Hall–Kier alpha value is -1.72. The second-order valence-electron chi connectivity index (χ2n) is 8.87. The van der Waals surface area contributed by atoms with E-state index in [0.717, 1.165) is 23.6 Å². The summed E-state index contributed by atoms with van der Waals surface area (Å²) in [5.74, 6) is 2.83. The average molecular weight is 417 g/mol. The fourth-order valence-electron chi connectivity index (χ4n) is 5.14. The van der Waals surface area contributed by atoms with Gasteiger partial charge in [-0.3, -0.25) is 0 Å². The molecule has 29 heavy (non-hydrogen) atoms. The molecule has 4 rings (SSSR count). The van der Waals surface area contributed by atoms with Gasteiger partial charge < -0.3 is 10.2 Å². The Bertz CT molecular complexity index is 814. The number of halogens is 2. The Morgan fingerprint density at radius 2 is 1.93 bits per heavy atom. The largest absolute Gasteiger partial charge is 0.366 e. The Labute approximate surface area is 177 Å². The summed E-state index contributed by atoms with van der Waals surface area (Å²) >= 11 is 6.17. The summed E-state index contributed by atoms with van der Waals surface area (Å²) in [6.45, 7) is 8.36. The highest BCUT2D eigenvalue weighted by molar-refractivity contribution is 6.33. The van der Waals surface area contributed by atoms with E-state index in [9.17, 15) is 4.39 Å². The van der Waals surface area contributed by atoms with Crippen LogP contribution in [0.4, 0.5) is 10.2 Å². The number of benzene rings is 1. The highest BCUT2D eigenvalue weighted by atomic mass is 35.5. The molecule has 2 aliphatic rings. The van der Waals surface area contributed by atoms with E-state index in [1.165, 1.54) is 57.5 Å². The summed E-state index contributed by atoms with van der Waals surface area (Å²) in [5.41, 5.74) is 1.15. The zero-order chi connectivity index (χ0) is 20.4. The van der Waals surface area contributed by atoms with E-state index in [1.54, 1.807) is 6.07 Å². The molecule has 4 nitrogen and oxygen atoms in total. The summed E-state index contributed by atoms with van der Waals surface area (Å²) in [6.07, 6.45) is 5.00. The number of anilines is 1. The van der Waals surface area contributed by atoms with E-state index in [-0.39, 0.29) is 5.82 Å². The van der Waals surface area contributed by atoms with Gasteiger partial charge in [0.15, 0.2) is 0 Å². The molecule has 156 valence electrons. The zero-order valence-electron chi connectivity index (χ0n) is 17.2. The van der Waals surface area contributed by atoms with Crippen LogP contribution in [-0.4, -0.2) is 40.8 Å². The Kier molecular flexibility index (Phi) is 6.35. The number of nitrogens with one attached hydrogen (secondary N) is 1. The maximum atomic E-state index is 13.5. The monoisotopic (exact) mass is 416 g/mol. The van der Waals surface area contributed by atoms with Crippen LogP contribution in [0.3, 0.4) is 0 Å². The SMILES string of the molecule is CCCC(C)CN1C[C@H]2C[C@H](Nc3ccc(-c4cc(F)ccc4Cl)nn3)C[C@H]2C1. The first-order valence-electron chi connectivity index (χ1n) is 10.8. The number of fused-ring (bicyclic) bond motifs is 1. The molecule has 1 aliphatic carbocycles. The molecular weight excluding hydrogens is 387 g/mol. The smallest absolute Gasteiger partial charge is 0.148 e. The van der Waals surface area contributed by atoms with Gasteiger partial charge in [-0.25, -0.2) is 4.39 Å². The van der Waals surface area contributed by atoms with Crippen molar-refractivity contribution < 1.29 is 4.39 Å². The molecule has 0 bridgehead atoms. The van der Waals surface area contributed by atoms with Crippen molar-refractivity contribution in [2.75, 3.05) is 25.0 Å². The van der Waals surface area contributed by atoms with E-state index in [0.29, 0.717) is 22.3 Å². The van der Waals surface area contributed by atoms with Crippen molar-refractivity contribution in [3.05, 3.63) is 41.2 Å². The lowest BCUT2D eigenvalue weighted by atomic mass is 10.0. The van der Waals surface area contributed by atoms with Gasteiger partial charge in [0.25, 0.3) is 0 Å². The molecule has 1 saturated carbocycles. The minimum atomic E-state index is -0.330. The maximum absolute atomic E-state index is 13.5. The van der Waals surface area contributed by atoms with Crippen LogP contribution in [0.2, 0.25) is 5.02 Å². The molecule has 1 aromatic heterocycles. The van der Waals surface area contributed by atoms with Crippen LogP contribution in [0, 0.1) is 23.6 Å². The highest BCUT2D eigenvalue weighted by Crippen LogP contribution is 2.39. The lowest BCUT2D eigenvalue weighted by molar-refractivity contribution is 0.259. The van der Waals surface area contributed by atoms with Crippen LogP contribution in [0.5, 0.6) is 0 Å². The molecule has 1 aliphatic heterocycles. The van der Waals surface area contributed by atoms with Crippen LogP contribution in [-0.2, 0) is 0 Å². The third-order valence-electron chi connectivity index (χ3n) is 6.40. The van der Waals surface area contributed by atoms with E-state index in [1.807, 2.05) is 12.1 Å². The molecule has 6 heteroatoms. The van der Waals surface area contributed by atoms with Crippen LogP contribution in [0.25, 0.3) is 11.3 Å². The van der Waals surface area contributed by atoms with Crippen molar-refractivity contribution in [2.45, 2.75) is 45.6 Å². The van der Waals surface area contributed by atoms with Crippen molar-refractivity contribution >= 4 is 17.4 Å². The Balaban J connectivity index is 1.31. The summed E-state index contributed by atoms with van der Waals surface area (Å²) in [6, 6.07) is 8.50. The molecule has 0 amide bonds. The molecule has 1 saturated heterocycles. The zero-order valence-corrected chi connectivity index (χ0v) is 18.0. The van der Waals surface area contributed by atoms with Gasteiger partial charge in [-0.05, 0) is 67.3 Å². The third-order valence-corrected chi connectivity index (χ3v) is 6.73. The van der Waals surface area contributed by atoms with Gasteiger partial charge in [0, 0.05) is 31.2 Å². The predicted octanol–water partition coefficient (Wildman–Crippen LogP) is 5.49. The second kappa shape index (κ2) is 8.97. The molecule has 1 aromatic carbocycles. The standard InChI is InChI=1S/C23H30ClFN4/c1-3-4-15(2)12-29-13-16-9-19(10-17(16)14-29)26-23-8-7-22(27-28-23)20-11-18(25)5-6-21(20)24/h5-8,11,15-17,19H,3-4,9-10,12-14H2,1-2H3,(H,26,28)/t15?,16-,17+,19+. The van der Waals surface area contributed by atoms with E-state index in [4.69, 9.17) is 11.6 Å². The van der Waals surface area contributed by atoms with E-state index < -0.39 is 0 Å². The molecule has 0 radical (unpaired) electrons. The molecule has 0 spiro atoms. The number of hydrogen-bond donors (Lipinski definition) is 1. The van der Waals surface area contributed by atoms with Gasteiger partial charge in [-0.1, -0.05) is 31.9 Å². The van der Waals surface area contributed by atoms with Gasteiger partial charge in [-0.2, -0.15) is 0 Å². The molecule has 1 N–H and O–H groups in total. The van der Waals surface area contributed by atoms with Crippen molar-refractivity contribution in [3.63, 3.8) is 0 Å². The Morgan fingerprint density at radius 3 is 2.59 bits per heavy atom. The number of aromatic nitrogens is 2. The highest BCUT2D eigenvalue weighted by Gasteiger charge is 2.40. The Morgan fingerprint density at radius 1 is 1.17 bits per heavy atom. The lowest BCUT2D eigenvalue weighted by Gasteiger charge is -2.22. The van der Waals surface area contributed by atoms with Crippen molar-refractivity contribution in [2.24, 2.45) is 17.8 Å². The maximum Gasteiger partial charge on any atom is 0.148 e. The normalized spacial score (nSPS) is 25.2. The molecular formula is C23H30ClFN4. The minimum Gasteiger partial charge on any atom is -0.366 e. The van der Waals surface area contributed by atoms with Crippen LogP contribution in [0.15, 0.2) is 30.3 Å². The van der Waals surface area contributed by atoms with Gasteiger partial charge in [0.05, 0.1) is 10.7 Å². The fourth-order valence-corrected chi connectivity index (χ4v) is 5.36. The van der Waals surface area contributed by atoms with Crippen molar-refractivity contribution in [1.29, 1.82) is 0 Å². The van der Waals surface area contributed by atoms with E-state index >= 15 is 0 Å². The minimum absolute atomic E-state index is 0.330. The summed E-state index contributed by atoms with van der Waals surface area (Å²) < 4.78 is 13.5. The fraction of sp³-hybridized carbons (Fsp3) is 0.565. The quantitative estimate of drug-likeness (QED) is 0.647. The summed E-state index contributed by atoms with van der Waals surface area (Å²) in [7, 11) is 0. The van der Waals surface area contributed by atoms with Crippen molar-refractivity contribution in [3.8, 4) is 11.3 Å². The van der Waals surface area contributed by atoms with Gasteiger partial charge in [0.1, 0.15) is 11.6 Å². The second-order valence-corrected chi connectivity index (χ2v) is 9.28. The third kappa shape index (κ3) is 4.89. The first-order chi connectivity index (χ1) is 14.0. The van der Waals surface area contributed by atoms with Crippen LogP contribution in [0.1, 0.15) is 39.5 Å². The first kappa shape index (κ1) is 20.5. The number of hydrogen-bond acceptors (Lipinski definition) is 4. The average Bonchev–Trinajstić information content (AvgIpc) is 3.22. The van der Waals surface area contributed by atoms with Crippen LogP contribution < -0.4 is 5.32 Å². The molecule has 1 unspecified atom stereocenters. The molecule has 2 heterocycles. The number of likely N-dealkylation sites (tertiary alicyclic amines) is 1. The number of nitrogens with zero attached hydrogens (tertiary/aromatic N) is 3. The topological polar surface area (TPSA) is 41.0 Å². The van der Waals surface area contributed by atoms with Crippen LogP contribution >= 0.6 is 11.6 Å². The van der Waals surface area contributed by atoms with E-state index in [2.05, 4.69) is 34.3 Å². The van der Waals surface area contributed by atoms with Gasteiger partial charge >= 0.3 is 0 Å². The van der Waals surface area contributed by atoms with Crippen molar-refractivity contribution in [1.82, 2.24) is 15.1 Å². The van der Waals surface area contributed by atoms with Gasteiger partial charge in [-0.15, -0.1) is 10.2 Å². The predicted molar refractivity (Wildman–Crippen MR) is 117 cm³/mol. The summed E-state index contributed by atoms with van der Waals surface area (Å²) in [4.78, 5) is 2.67. The lowest BCUT2D eigenvalue weighted by Crippen LogP contribution is -2.29. The molecule has 2 aromatic rings. The number of rotatable bonds is 7. The van der Waals surface area contributed by atoms with Gasteiger partial charge in [0.2, 0.25) is 0 Å². The summed E-state index contributed by atoms with van der Waals surface area (Å²) in [5, 5.41) is 12.6. The molecule has 4 atom stereocenters. The first-order valence-corrected chi connectivity index (χ1v) is 11.2.